The molecule has 2 aromatic carbocycles. The normalized spacial score (nSPS) is 16.2. The third kappa shape index (κ3) is 3.37. The summed E-state index contributed by atoms with van der Waals surface area (Å²) in [6.45, 7) is 8.89. The smallest absolute Gasteiger partial charge is 0.229 e. The van der Waals surface area contributed by atoms with Gasteiger partial charge >= 0.3 is 0 Å². The number of amides is 1. The second-order valence-electron chi connectivity index (χ2n) is 7.54. The van der Waals surface area contributed by atoms with Crippen molar-refractivity contribution in [1.82, 2.24) is 9.55 Å². The van der Waals surface area contributed by atoms with E-state index in [-0.39, 0.29) is 18.4 Å². The average molecular weight is 374 g/mol. The molecule has 0 bridgehead atoms. The predicted molar refractivity (Wildman–Crippen MR) is 108 cm³/mol. The van der Waals surface area contributed by atoms with Crippen LogP contribution in [0.1, 0.15) is 44.2 Å². The number of rotatable bonds is 5. The summed E-state index contributed by atoms with van der Waals surface area (Å²) in [6.07, 6.45) is 3.12. The lowest BCUT2D eigenvalue weighted by molar-refractivity contribution is -0.120. The molecule has 28 heavy (non-hydrogen) atoms. The summed E-state index contributed by atoms with van der Waals surface area (Å²) < 4.78 is 2.03. The SMILES string of the molecule is [C-]#[N+]c1ccc2nc(NC(=O)C[C@@](C)(O)c3ccccc3)n(C3CCC3)c2c1. The highest BCUT2D eigenvalue weighted by atomic mass is 16.3. The zero-order valence-corrected chi connectivity index (χ0v) is 15.7. The first-order valence-corrected chi connectivity index (χ1v) is 9.45. The molecule has 0 spiro atoms. The van der Waals surface area contributed by atoms with Crippen molar-refractivity contribution in [3.05, 3.63) is 65.5 Å². The van der Waals surface area contributed by atoms with Gasteiger partial charge in [-0.1, -0.05) is 36.4 Å². The monoisotopic (exact) mass is 374 g/mol. The van der Waals surface area contributed by atoms with Crippen molar-refractivity contribution >= 4 is 28.6 Å². The molecule has 2 N–H and O–H groups in total. The molecule has 3 aromatic rings. The minimum absolute atomic E-state index is 0.0712. The Hall–Kier alpha value is -3.17. The zero-order valence-electron chi connectivity index (χ0n) is 15.7. The van der Waals surface area contributed by atoms with E-state index in [2.05, 4.69) is 15.1 Å². The summed E-state index contributed by atoms with van der Waals surface area (Å²) in [5.74, 6) is 0.186. The minimum Gasteiger partial charge on any atom is -0.385 e. The van der Waals surface area contributed by atoms with Gasteiger partial charge in [0.15, 0.2) is 5.69 Å². The van der Waals surface area contributed by atoms with Crippen LogP contribution in [0.5, 0.6) is 0 Å². The van der Waals surface area contributed by atoms with Crippen LogP contribution in [0.25, 0.3) is 15.9 Å². The largest absolute Gasteiger partial charge is 0.385 e. The molecular formula is C22H22N4O2. The fraction of sp³-hybridized carbons (Fsp3) is 0.318. The zero-order chi connectivity index (χ0) is 19.7. The van der Waals surface area contributed by atoms with Crippen molar-refractivity contribution in [2.45, 2.75) is 44.2 Å². The summed E-state index contributed by atoms with van der Waals surface area (Å²) in [5, 5.41) is 13.6. The molecule has 1 saturated carbocycles. The second-order valence-corrected chi connectivity index (χ2v) is 7.54. The van der Waals surface area contributed by atoms with Crippen LogP contribution in [0, 0.1) is 6.57 Å². The highest BCUT2D eigenvalue weighted by Crippen LogP contribution is 2.38. The topological polar surface area (TPSA) is 71.5 Å². The van der Waals surface area contributed by atoms with Crippen LogP contribution in [0.4, 0.5) is 11.6 Å². The molecule has 0 unspecified atom stereocenters. The van der Waals surface area contributed by atoms with Crippen LogP contribution < -0.4 is 5.32 Å². The number of aliphatic hydroxyl groups is 1. The summed E-state index contributed by atoms with van der Waals surface area (Å²) in [4.78, 5) is 20.8. The number of anilines is 1. The molecular weight excluding hydrogens is 352 g/mol. The maximum absolute atomic E-state index is 12.7. The lowest BCUT2D eigenvalue weighted by Crippen LogP contribution is -2.30. The van der Waals surface area contributed by atoms with E-state index in [9.17, 15) is 9.90 Å². The lowest BCUT2D eigenvalue weighted by Gasteiger charge is -2.29. The van der Waals surface area contributed by atoms with E-state index in [0.29, 0.717) is 17.2 Å². The van der Waals surface area contributed by atoms with Crippen molar-refractivity contribution in [2.75, 3.05) is 5.32 Å². The van der Waals surface area contributed by atoms with E-state index in [1.165, 1.54) is 0 Å². The van der Waals surface area contributed by atoms with Gasteiger partial charge < -0.3 is 9.67 Å². The van der Waals surface area contributed by atoms with E-state index in [0.717, 1.165) is 30.3 Å². The Morgan fingerprint density at radius 3 is 2.71 bits per heavy atom. The molecule has 0 saturated heterocycles. The molecule has 1 aliphatic carbocycles. The number of fused-ring (bicyclic) bond motifs is 1. The third-order valence-corrected chi connectivity index (χ3v) is 5.39. The van der Waals surface area contributed by atoms with E-state index in [1.54, 1.807) is 13.0 Å². The molecule has 1 heterocycles. The highest BCUT2D eigenvalue weighted by molar-refractivity contribution is 5.92. The van der Waals surface area contributed by atoms with Crippen molar-refractivity contribution in [3.8, 4) is 0 Å². The van der Waals surface area contributed by atoms with Gasteiger partial charge in [-0.2, -0.15) is 0 Å². The number of carbonyl (C=O) groups is 1. The number of nitrogens with one attached hydrogen (secondary N) is 1. The summed E-state index contributed by atoms with van der Waals surface area (Å²) in [6, 6.07) is 14.8. The molecule has 6 nitrogen and oxygen atoms in total. The van der Waals surface area contributed by atoms with Gasteiger partial charge in [0.2, 0.25) is 11.9 Å². The number of nitrogens with zero attached hydrogens (tertiary/aromatic N) is 3. The molecule has 4 rings (SSSR count). The van der Waals surface area contributed by atoms with Gasteiger partial charge in [0, 0.05) is 6.04 Å². The lowest BCUT2D eigenvalue weighted by atomic mass is 9.92. The van der Waals surface area contributed by atoms with Crippen molar-refractivity contribution in [2.24, 2.45) is 0 Å². The van der Waals surface area contributed by atoms with Crippen LogP contribution in [0.2, 0.25) is 0 Å². The van der Waals surface area contributed by atoms with Gasteiger partial charge in [-0.05, 0) is 43.9 Å². The summed E-state index contributed by atoms with van der Waals surface area (Å²) in [5.41, 5.74) is 1.60. The predicted octanol–water partition coefficient (Wildman–Crippen LogP) is 4.55. The number of aromatic nitrogens is 2. The Morgan fingerprint density at radius 2 is 2.07 bits per heavy atom. The Kier molecular flexibility index (Phi) is 4.62. The first kappa shape index (κ1) is 18.2. The van der Waals surface area contributed by atoms with Gasteiger partial charge in [-0.15, -0.1) is 0 Å². The number of carbonyl (C=O) groups excluding carboxylic acids is 1. The Balaban J connectivity index is 1.62. The third-order valence-electron chi connectivity index (χ3n) is 5.39. The first-order valence-electron chi connectivity index (χ1n) is 9.45. The summed E-state index contributed by atoms with van der Waals surface area (Å²) in [7, 11) is 0. The molecule has 1 amide bonds. The molecule has 142 valence electrons. The van der Waals surface area contributed by atoms with Gasteiger partial charge in [0.1, 0.15) is 0 Å². The van der Waals surface area contributed by atoms with Crippen LogP contribution in [-0.4, -0.2) is 20.6 Å². The fourth-order valence-electron chi connectivity index (χ4n) is 3.63. The van der Waals surface area contributed by atoms with Crippen LogP contribution in [0.3, 0.4) is 0 Å². The van der Waals surface area contributed by atoms with Crippen molar-refractivity contribution in [3.63, 3.8) is 0 Å². The molecule has 1 fully saturated rings. The van der Waals surface area contributed by atoms with Gasteiger partial charge in [0.25, 0.3) is 0 Å². The number of hydrogen-bond donors (Lipinski definition) is 2. The van der Waals surface area contributed by atoms with Crippen molar-refractivity contribution in [1.29, 1.82) is 0 Å². The van der Waals surface area contributed by atoms with E-state index < -0.39 is 5.60 Å². The van der Waals surface area contributed by atoms with Gasteiger partial charge in [0.05, 0.1) is 29.6 Å². The first-order chi connectivity index (χ1) is 13.5. The minimum atomic E-state index is -1.27. The Morgan fingerprint density at radius 1 is 1.32 bits per heavy atom. The number of imidazole rings is 1. The molecule has 1 atom stereocenters. The van der Waals surface area contributed by atoms with Crippen LogP contribution in [-0.2, 0) is 10.4 Å². The quantitative estimate of drug-likeness (QED) is 0.644. The van der Waals surface area contributed by atoms with Gasteiger partial charge in [-0.25, -0.2) is 9.83 Å². The Bertz CT molecular complexity index is 1060. The molecule has 0 radical (unpaired) electrons. The second kappa shape index (κ2) is 7.10. The molecule has 1 aromatic heterocycles. The maximum atomic E-state index is 12.7. The molecule has 6 heteroatoms. The van der Waals surface area contributed by atoms with Crippen molar-refractivity contribution < 1.29 is 9.90 Å². The maximum Gasteiger partial charge on any atom is 0.229 e. The summed E-state index contributed by atoms with van der Waals surface area (Å²) >= 11 is 0. The van der Waals surface area contributed by atoms with E-state index in [4.69, 9.17) is 6.57 Å². The average Bonchev–Trinajstić information content (AvgIpc) is 2.97. The molecule has 0 aliphatic heterocycles. The van der Waals surface area contributed by atoms with E-state index >= 15 is 0 Å². The van der Waals surface area contributed by atoms with Gasteiger partial charge in [-0.3, -0.25) is 10.1 Å². The number of hydrogen-bond acceptors (Lipinski definition) is 3. The number of benzene rings is 2. The fourth-order valence-corrected chi connectivity index (χ4v) is 3.63. The molecule has 1 aliphatic rings. The Labute approximate surface area is 163 Å². The standard InChI is InChI=1S/C22H22N4O2/c1-22(28,15-7-4-3-5-8-15)14-20(27)25-21-24-18-12-11-16(23-2)13-19(18)26(21)17-9-6-10-17/h3-5,7-8,11-13,17,28H,6,9-10,14H2,1H3,(H,24,25,27)/t22-/m1/s1. The van der Waals surface area contributed by atoms with Crippen LogP contribution in [0.15, 0.2) is 48.5 Å². The van der Waals surface area contributed by atoms with E-state index in [1.807, 2.05) is 47.0 Å². The highest BCUT2D eigenvalue weighted by Gasteiger charge is 2.29. The van der Waals surface area contributed by atoms with Crippen LogP contribution >= 0.6 is 0 Å².